The monoisotopic (exact) mass is 236 g/mol. The van der Waals surface area contributed by atoms with Crippen LogP contribution in [0, 0.1) is 23.7 Å². The molecule has 0 aliphatic heterocycles. The van der Waals surface area contributed by atoms with Crippen LogP contribution in [0.1, 0.15) is 51.9 Å². The van der Waals surface area contributed by atoms with E-state index in [9.17, 15) is 4.39 Å². The Morgan fingerprint density at radius 1 is 1.24 bits per heavy atom. The first-order valence-electron chi connectivity index (χ1n) is 7.12. The minimum Gasteiger partial charge on any atom is -0.207 e. The normalized spacial score (nSPS) is 35.9. The van der Waals surface area contributed by atoms with Crippen LogP contribution in [0.15, 0.2) is 24.6 Å². The molecule has 0 aromatic carbocycles. The first-order valence-corrected chi connectivity index (χ1v) is 7.12. The fourth-order valence-corrected chi connectivity index (χ4v) is 4.18. The maximum Gasteiger partial charge on any atom is 0.118 e. The highest BCUT2D eigenvalue weighted by Gasteiger charge is 2.42. The van der Waals surface area contributed by atoms with Crippen molar-refractivity contribution in [2.75, 3.05) is 0 Å². The van der Waals surface area contributed by atoms with Gasteiger partial charge in [0.25, 0.3) is 0 Å². The second-order valence-corrected chi connectivity index (χ2v) is 6.13. The summed E-state index contributed by atoms with van der Waals surface area (Å²) in [5.74, 6) is 3.47. The van der Waals surface area contributed by atoms with Crippen LogP contribution in [0.4, 0.5) is 4.39 Å². The summed E-state index contributed by atoms with van der Waals surface area (Å²) in [7, 11) is 0. The molecule has 2 aliphatic carbocycles. The molecular formula is C16H25F. The molecule has 0 aromatic heterocycles. The van der Waals surface area contributed by atoms with E-state index < -0.39 is 0 Å². The summed E-state index contributed by atoms with van der Waals surface area (Å²) < 4.78 is 12.8. The van der Waals surface area contributed by atoms with E-state index in [4.69, 9.17) is 0 Å². The molecule has 2 rings (SSSR count). The lowest BCUT2D eigenvalue weighted by Crippen LogP contribution is -2.10. The van der Waals surface area contributed by atoms with Crippen molar-refractivity contribution < 1.29 is 4.39 Å². The van der Waals surface area contributed by atoms with Crippen molar-refractivity contribution in [3.05, 3.63) is 24.6 Å². The maximum absolute atomic E-state index is 12.8. The minimum absolute atomic E-state index is 0.330. The summed E-state index contributed by atoms with van der Waals surface area (Å²) in [6, 6.07) is 0. The third-order valence-corrected chi connectivity index (χ3v) is 5.07. The van der Waals surface area contributed by atoms with Crippen LogP contribution in [0.25, 0.3) is 0 Å². The van der Waals surface area contributed by atoms with E-state index in [1.807, 2.05) is 0 Å². The molecule has 1 heteroatoms. The second-order valence-electron chi connectivity index (χ2n) is 6.13. The Morgan fingerprint density at radius 3 is 2.65 bits per heavy atom. The summed E-state index contributed by atoms with van der Waals surface area (Å²) in [4.78, 5) is 0. The van der Waals surface area contributed by atoms with Gasteiger partial charge in [0.2, 0.25) is 0 Å². The molecule has 2 fully saturated rings. The molecule has 0 bridgehead atoms. The molecule has 0 amide bonds. The molecule has 4 unspecified atom stereocenters. The van der Waals surface area contributed by atoms with Crippen LogP contribution in [-0.2, 0) is 0 Å². The summed E-state index contributed by atoms with van der Waals surface area (Å²) >= 11 is 0. The van der Waals surface area contributed by atoms with Crippen molar-refractivity contribution in [3.63, 3.8) is 0 Å². The van der Waals surface area contributed by atoms with Crippen LogP contribution in [0.5, 0.6) is 0 Å². The Bertz CT molecular complexity index is 305. The van der Waals surface area contributed by atoms with Crippen LogP contribution in [-0.4, -0.2) is 0 Å². The molecule has 0 radical (unpaired) electrons. The molecular weight excluding hydrogens is 211 g/mol. The van der Waals surface area contributed by atoms with Crippen molar-refractivity contribution in [1.29, 1.82) is 0 Å². The van der Waals surface area contributed by atoms with Gasteiger partial charge in [-0.15, -0.1) is 0 Å². The fraction of sp³-hybridized carbons (Fsp3) is 0.750. The predicted octanol–water partition coefficient (Wildman–Crippen LogP) is 5.27. The Hall–Kier alpha value is -0.590. The van der Waals surface area contributed by atoms with Crippen molar-refractivity contribution >= 4 is 0 Å². The fourth-order valence-electron chi connectivity index (χ4n) is 4.18. The van der Waals surface area contributed by atoms with Gasteiger partial charge in [0.15, 0.2) is 0 Å². The molecule has 17 heavy (non-hydrogen) atoms. The highest BCUT2D eigenvalue weighted by atomic mass is 19.1. The Labute approximate surface area is 105 Å². The van der Waals surface area contributed by atoms with Gasteiger partial charge in [-0.25, -0.2) is 4.39 Å². The largest absolute Gasteiger partial charge is 0.207 e. The van der Waals surface area contributed by atoms with Crippen LogP contribution >= 0.6 is 0 Å². The van der Waals surface area contributed by atoms with Gasteiger partial charge >= 0.3 is 0 Å². The first-order chi connectivity index (χ1) is 8.09. The van der Waals surface area contributed by atoms with Crippen LogP contribution in [0.3, 0.4) is 0 Å². The summed E-state index contributed by atoms with van der Waals surface area (Å²) in [6.45, 7) is 9.45. The van der Waals surface area contributed by atoms with E-state index in [1.54, 1.807) is 0 Å². The number of fused-ring (bicyclic) bond motifs is 1. The molecule has 0 N–H and O–H groups in total. The molecule has 0 saturated heterocycles. The van der Waals surface area contributed by atoms with Gasteiger partial charge in [-0.3, -0.25) is 0 Å². The van der Waals surface area contributed by atoms with Gasteiger partial charge in [-0.2, -0.15) is 0 Å². The molecule has 4 atom stereocenters. The lowest BCUT2D eigenvalue weighted by Gasteiger charge is -2.18. The SMILES string of the molecule is C=C(F)C(=C)CCCC1CC(C)C2CCCC12. The first kappa shape index (κ1) is 12.9. The Balaban J connectivity index is 1.76. The number of rotatable bonds is 5. The van der Waals surface area contributed by atoms with Crippen LogP contribution < -0.4 is 0 Å². The summed E-state index contributed by atoms with van der Waals surface area (Å²) in [6.07, 6.45) is 8.87. The van der Waals surface area contributed by atoms with Crippen molar-refractivity contribution in [3.8, 4) is 0 Å². The van der Waals surface area contributed by atoms with E-state index in [0.717, 1.165) is 36.5 Å². The topological polar surface area (TPSA) is 0 Å². The van der Waals surface area contributed by atoms with Gasteiger partial charge in [0.05, 0.1) is 0 Å². The smallest absolute Gasteiger partial charge is 0.118 e. The lowest BCUT2D eigenvalue weighted by atomic mass is 9.87. The molecule has 0 spiro atoms. The van der Waals surface area contributed by atoms with Gasteiger partial charge < -0.3 is 0 Å². The van der Waals surface area contributed by atoms with Crippen molar-refractivity contribution in [1.82, 2.24) is 0 Å². The minimum atomic E-state index is -0.330. The zero-order chi connectivity index (χ0) is 12.4. The van der Waals surface area contributed by atoms with Gasteiger partial charge in [0, 0.05) is 0 Å². The second kappa shape index (κ2) is 5.37. The predicted molar refractivity (Wildman–Crippen MR) is 71.3 cm³/mol. The summed E-state index contributed by atoms with van der Waals surface area (Å²) in [5.41, 5.74) is 0.596. The van der Waals surface area contributed by atoms with E-state index in [0.29, 0.717) is 5.57 Å². The lowest BCUT2D eigenvalue weighted by molar-refractivity contribution is 0.321. The van der Waals surface area contributed by atoms with Gasteiger partial charge in [-0.1, -0.05) is 26.5 Å². The third kappa shape index (κ3) is 2.81. The van der Waals surface area contributed by atoms with Crippen LogP contribution in [0.2, 0.25) is 0 Å². The maximum atomic E-state index is 12.8. The molecule has 0 nitrogen and oxygen atoms in total. The van der Waals surface area contributed by atoms with E-state index in [1.165, 1.54) is 32.1 Å². The highest BCUT2D eigenvalue weighted by Crippen LogP contribution is 2.52. The third-order valence-electron chi connectivity index (χ3n) is 5.07. The molecule has 0 aromatic rings. The summed E-state index contributed by atoms with van der Waals surface area (Å²) in [5, 5.41) is 0. The number of allylic oxidation sites excluding steroid dienone is 2. The van der Waals surface area contributed by atoms with E-state index in [-0.39, 0.29) is 5.83 Å². The standard InChI is InChI=1S/C16H25F/c1-11(13(3)17)6-4-7-14-10-12(2)15-8-5-9-16(14)15/h12,14-16H,1,3-10H2,2H3. The molecule has 96 valence electrons. The molecule has 2 aliphatic rings. The zero-order valence-corrected chi connectivity index (χ0v) is 11.1. The Morgan fingerprint density at radius 2 is 1.94 bits per heavy atom. The average Bonchev–Trinajstić information content (AvgIpc) is 2.84. The number of halogens is 1. The van der Waals surface area contributed by atoms with Gasteiger partial charge in [0.1, 0.15) is 5.83 Å². The van der Waals surface area contributed by atoms with E-state index >= 15 is 0 Å². The van der Waals surface area contributed by atoms with E-state index in [2.05, 4.69) is 20.1 Å². The average molecular weight is 236 g/mol. The number of hydrogen-bond acceptors (Lipinski definition) is 0. The highest BCUT2D eigenvalue weighted by molar-refractivity contribution is 5.17. The number of hydrogen-bond donors (Lipinski definition) is 0. The van der Waals surface area contributed by atoms with Crippen molar-refractivity contribution in [2.24, 2.45) is 23.7 Å². The van der Waals surface area contributed by atoms with Crippen molar-refractivity contribution in [2.45, 2.75) is 51.9 Å². The quantitative estimate of drug-likeness (QED) is 0.570. The zero-order valence-electron chi connectivity index (χ0n) is 11.1. The molecule has 2 saturated carbocycles. The Kier molecular flexibility index (Phi) is 4.06. The van der Waals surface area contributed by atoms with Gasteiger partial charge in [-0.05, 0) is 67.8 Å². The molecule has 0 heterocycles.